The minimum atomic E-state index is -4.68. The van der Waals surface area contributed by atoms with E-state index in [2.05, 4.69) is 41.5 Å². The third kappa shape index (κ3) is 34.5. The number of esters is 2. The monoisotopic (exact) mass is 2080 g/mol. The van der Waals surface area contributed by atoms with Crippen LogP contribution in [0.5, 0.6) is 34.5 Å². The Kier molecular flexibility index (Phi) is 44.1. The molecule has 0 radical (unpaired) electrons. The molecule has 10 aromatic carbocycles. The normalized spacial score (nSPS) is 11.0. The van der Waals surface area contributed by atoms with Crippen LogP contribution in [0.4, 0.5) is 65.9 Å². The van der Waals surface area contributed by atoms with Crippen LogP contribution in [0.15, 0.2) is 273 Å². The molecule has 0 spiro atoms. The average Bonchev–Trinajstić information content (AvgIpc) is 0.789. The zero-order chi connectivity index (χ0) is 98.6. The Balaban J connectivity index is 0.000000368. The van der Waals surface area contributed by atoms with Gasteiger partial charge in [0.15, 0.2) is 6.29 Å². The van der Waals surface area contributed by atoms with Crippen LogP contribution in [0.2, 0.25) is 0 Å². The number of aliphatic carboxylic acids is 1. The van der Waals surface area contributed by atoms with Crippen molar-refractivity contribution in [1.82, 2.24) is 0 Å². The summed E-state index contributed by atoms with van der Waals surface area (Å²) in [5, 5.41) is 75.0. The van der Waals surface area contributed by atoms with Crippen LogP contribution in [-0.4, -0.2) is 102 Å². The van der Waals surface area contributed by atoms with E-state index in [-0.39, 0.29) is 242 Å². The number of aromatic hydroxyl groups is 4. The van der Waals surface area contributed by atoms with E-state index in [0.29, 0.717) is 38.5 Å². The molecule has 0 bridgehead atoms. The van der Waals surface area contributed by atoms with Gasteiger partial charge in [-0.15, -0.1) is 0 Å². The number of halogens is 17. The number of ether oxygens (including phenoxy) is 3. The Hall–Kier alpha value is -11.3. The van der Waals surface area contributed by atoms with Crippen molar-refractivity contribution < 1.29 is 272 Å². The van der Waals surface area contributed by atoms with E-state index in [0.717, 1.165) is 42.5 Å². The number of phenols is 4. The molecule has 14 aromatic rings. The first-order valence-electron chi connectivity index (χ1n) is 37.3. The van der Waals surface area contributed by atoms with Crippen LogP contribution in [0, 0.1) is 0 Å². The summed E-state index contributed by atoms with van der Waals surface area (Å²) in [6.45, 7) is 1.65. The number of carboxylic acids is 1. The van der Waals surface area contributed by atoms with Gasteiger partial charge in [-0.25, -0.2) is 19.2 Å². The van der Waals surface area contributed by atoms with E-state index >= 15 is 0 Å². The molecule has 25 nitrogen and oxygen atoms in total. The van der Waals surface area contributed by atoms with Crippen LogP contribution in [0.3, 0.4) is 0 Å². The number of alkyl halides is 17. The number of phenolic OH excluding ortho intramolecular Hbond substituents is 4. The molecular formula is C91H67Br2F15K2O25. The smallest absolute Gasteiger partial charge is 1.00 e. The summed E-state index contributed by atoms with van der Waals surface area (Å²) in [7, 11) is 0. The second-order valence-corrected chi connectivity index (χ2v) is 28.2. The van der Waals surface area contributed by atoms with Gasteiger partial charge in [0.05, 0.1) is 68.2 Å². The van der Waals surface area contributed by atoms with Crippen LogP contribution < -0.4 is 140 Å². The summed E-state index contributed by atoms with van der Waals surface area (Å²) in [5.74, 6) is -2.45. The molecule has 135 heavy (non-hydrogen) atoms. The van der Waals surface area contributed by atoms with Gasteiger partial charge >= 0.3 is 174 Å². The molecule has 0 fully saturated rings. The van der Waals surface area contributed by atoms with Crippen LogP contribution in [0.1, 0.15) is 59.0 Å². The van der Waals surface area contributed by atoms with Crippen molar-refractivity contribution in [3.63, 3.8) is 0 Å². The van der Waals surface area contributed by atoms with E-state index < -0.39 is 112 Å². The van der Waals surface area contributed by atoms with Gasteiger partial charge in [0.1, 0.15) is 76.1 Å². The van der Waals surface area contributed by atoms with E-state index in [1.807, 2.05) is 0 Å². The SMILES string of the molecule is CC(=O)OC(C)=O.O=C(O)Cc1ccccc1C(F)(F)F.O=CO[O-].O=Cc1ccc(O)cc1O.O=c1oc2cc(O)ccc2cc1-c1ccccc1C(F)(F)F.O=c1oc2cc(O)ccc2cc1-c1ccccc1C(F)(F)F.O=c1oc2cc(OCC(O)COc3ccc4cc(-c5ccccc5C(F)(F)F)c(=O)oc4c3)ccc2cc1-c1ccccc1C(F)(F)F.OC(CBr)CBr.[H-].[K+].[K+]. The fraction of sp³-hybridized carbons (Fsp3) is 0.154. The molecule has 4 aromatic heterocycles. The number of aliphatic hydroxyl groups excluding tert-OH is 2. The van der Waals surface area contributed by atoms with Crippen LogP contribution >= 0.6 is 31.9 Å². The van der Waals surface area contributed by atoms with Crippen molar-refractivity contribution in [2.24, 2.45) is 0 Å². The molecule has 0 unspecified atom stereocenters. The van der Waals surface area contributed by atoms with E-state index in [9.17, 15) is 120 Å². The first-order chi connectivity index (χ1) is 62.5. The molecule has 0 amide bonds. The molecule has 44 heteroatoms. The minimum absolute atomic E-state index is 0. The van der Waals surface area contributed by atoms with Gasteiger partial charge in [0.25, 0.3) is 6.47 Å². The largest absolute Gasteiger partial charge is 1.00 e. The maximum Gasteiger partial charge on any atom is 1.00 e. The number of aliphatic hydroxyl groups is 2. The summed E-state index contributed by atoms with van der Waals surface area (Å²) in [6.07, 6.45) is -24.5. The zero-order valence-electron chi connectivity index (χ0n) is 70.8. The summed E-state index contributed by atoms with van der Waals surface area (Å²) < 4.78 is 232. The second kappa shape index (κ2) is 52.1. The van der Waals surface area contributed by atoms with Crippen molar-refractivity contribution in [2.45, 2.75) is 63.4 Å². The van der Waals surface area contributed by atoms with Crippen molar-refractivity contribution in [3.05, 3.63) is 317 Å². The number of fused-ring (bicyclic) bond motifs is 4. The topological polar surface area (TPSA) is 408 Å². The number of carbonyl (C=O) groups is 5. The molecule has 0 saturated heterocycles. The second-order valence-electron chi connectivity index (χ2n) is 26.9. The predicted octanol–water partition coefficient (Wildman–Crippen LogP) is 13.5. The van der Waals surface area contributed by atoms with Crippen molar-refractivity contribution in [1.29, 1.82) is 0 Å². The third-order valence-electron chi connectivity index (χ3n) is 17.3. The van der Waals surface area contributed by atoms with Crippen molar-refractivity contribution >= 4 is 106 Å². The molecule has 0 aliphatic rings. The van der Waals surface area contributed by atoms with Gasteiger partial charge in [0, 0.05) is 98.6 Å². The van der Waals surface area contributed by atoms with Crippen LogP contribution in [0.25, 0.3) is 88.4 Å². The molecule has 14 rings (SSSR count). The molecule has 7 N–H and O–H groups in total. The quantitative estimate of drug-likeness (QED) is 0.00544. The number of carboxylic acid groups (broad SMARTS) is 1. The third-order valence-corrected chi connectivity index (χ3v) is 18.8. The number of hydrogen-bond acceptors (Lipinski definition) is 24. The van der Waals surface area contributed by atoms with Gasteiger partial charge in [-0.1, -0.05) is 123 Å². The summed E-state index contributed by atoms with van der Waals surface area (Å²) >= 11 is 6.19. The molecule has 4 heterocycles. The van der Waals surface area contributed by atoms with Gasteiger partial charge in [-0.3, -0.25) is 24.0 Å². The number of aldehydes is 1. The maximum absolute atomic E-state index is 13.5. The summed E-state index contributed by atoms with van der Waals surface area (Å²) in [5.41, 5.74) is -10.0. The van der Waals surface area contributed by atoms with Crippen LogP contribution in [-0.2, 0) is 66.1 Å². The predicted molar refractivity (Wildman–Crippen MR) is 454 cm³/mol. The minimum Gasteiger partial charge on any atom is -1.00 e. The van der Waals surface area contributed by atoms with Gasteiger partial charge < -0.3 is 79.2 Å². The molecule has 0 aliphatic carbocycles. The van der Waals surface area contributed by atoms with Gasteiger partial charge in [0.2, 0.25) is 0 Å². The fourth-order valence-electron chi connectivity index (χ4n) is 11.6. The van der Waals surface area contributed by atoms with E-state index in [4.69, 9.17) is 57.6 Å². The summed E-state index contributed by atoms with van der Waals surface area (Å²) in [4.78, 5) is 101. The standard InChI is InChI=1S/C35H22F6O7.2C16H9F3O3.C9H7F3O2.C7H6O3.C4H6O3.C3H6Br2O.CH2O3.2K.H/c36-34(37,38)28-7-3-1-5-24(28)26-13-19-9-11-22(15-30(19)47-32(26)43)45-17-21(42)18-46-23-12-10-20-14-27(33(44)48-31(20)16-23)25-6-2-4-8-29(25)35(39,40)41;2*17-16(18,19)13-4-2-1-3-11(13)12-7-9-5-6-10(20)8-14(9)22-15(12)21;10-9(11,12)7-4-2-1-3-6(7)5-8(13)14;8-4-5-1-2-6(9)3-7(5)10;1-3(5)7-4(2)6;4-1-3(6)2-5;2-1-4-3;;;/h1-16,21,42H,17-18H2;2*1-8,20H;1-4H,5H2,(H,13,14);1-4,9-10H;1-2H3;3,6H,1-2H2;1,3H;;;/q;;;;;;;;2*+1;-1/p-1. The molecule has 0 atom stereocenters. The zero-order valence-corrected chi connectivity index (χ0v) is 79.2. The number of benzene rings is 10. The fourth-order valence-corrected chi connectivity index (χ4v) is 12.7. The Morgan fingerprint density at radius 1 is 0.393 bits per heavy atom. The first kappa shape index (κ1) is 114. The average molecular weight is 2080 g/mol. The number of hydrogen-bond donors (Lipinski definition) is 7. The Labute approximate surface area is 853 Å². The maximum atomic E-state index is 13.5. The van der Waals surface area contributed by atoms with Crippen molar-refractivity contribution in [3.8, 4) is 79.0 Å². The number of rotatable bonds is 16. The Morgan fingerprint density at radius 2 is 0.667 bits per heavy atom. The molecule has 0 aliphatic heterocycles. The Morgan fingerprint density at radius 3 is 0.926 bits per heavy atom. The molecular weight excluding hydrogens is 2020 g/mol. The van der Waals surface area contributed by atoms with E-state index in [1.54, 1.807) is 0 Å². The van der Waals surface area contributed by atoms with Gasteiger partial charge in [-0.2, -0.15) is 65.9 Å². The summed E-state index contributed by atoms with van der Waals surface area (Å²) in [6, 6.07) is 49.5. The Bertz CT molecular complexity index is 6380. The molecule has 702 valence electrons. The first-order valence-corrected chi connectivity index (χ1v) is 39.6. The molecule has 0 saturated carbocycles. The van der Waals surface area contributed by atoms with Gasteiger partial charge in [-0.05, 0) is 121 Å². The van der Waals surface area contributed by atoms with Crippen molar-refractivity contribution in [2.75, 3.05) is 23.9 Å². The van der Waals surface area contributed by atoms with E-state index in [1.165, 1.54) is 208 Å². The number of carbonyl (C=O) groups excluding carboxylic acids is 4.